The zero-order valence-corrected chi connectivity index (χ0v) is 9.56. The molecular weight excluding hydrogens is 206 g/mol. The molecular formula is C11H17N3O2. The van der Waals surface area contributed by atoms with Crippen LogP contribution in [0.25, 0.3) is 0 Å². The average molecular weight is 223 g/mol. The van der Waals surface area contributed by atoms with E-state index in [-0.39, 0.29) is 5.90 Å². The average Bonchev–Trinajstić information content (AvgIpc) is 2.53. The highest BCUT2D eigenvalue weighted by Crippen LogP contribution is 2.23. The summed E-state index contributed by atoms with van der Waals surface area (Å²) in [6.45, 7) is 1.40. The molecule has 16 heavy (non-hydrogen) atoms. The second kappa shape index (κ2) is 5.09. The molecule has 0 spiro atoms. The van der Waals surface area contributed by atoms with Crippen molar-refractivity contribution in [1.82, 2.24) is 5.27 Å². The van der Waals surface area contributed by atoms with Crippen LogP contribution in [0, 0.1) is 0 Å². The molecule has 0 bridgehead atoms. The first kappa shape index (κ1) is 11.1. The van der Waals surface area contributed by atoms with E-state index in [4.69, 9.17) is 4.52 Å². The van der Waals surface area contributed by atoms with Crippen molar-refractivity contribution in [2.24, 2.45) is 4.99 Å². The summed E-state index contributed by atoms with van der Waals surface area (Å²) >= 11 is 0. The van der Waals surface area contributed by atoms with Crippen LogP contribution in [0.1, 0.15) is 51.5 Å². The number of nitrogens with zero attached hydrogens (tertiary/aromatic N) is 3. The highest BCUT2D eigenvalue weighted by Gasteiger charge is 2.24. The fourth-order valence-corrected chi connectivity index (χ4v) is 2.15. The Kier molecular flexibility index (Phi) is 3.54. The molecule has 0 amide bonds. The van der Waals surface area contributed by atoms with E-state index in [0.29, 0.717) is 11.9 Å². The molecule has 0 aliphatic heterocycles. The molecule has 88 valence electrons. The maximum absolute atomic E-state index is 10.8. The summed E-state index contributed by atoms with van der Waals surface area (Å²) in [6, 6.07) is 0.405. The summed E-state index contributed by atoms with van der Waals surface area (Å²) in [5.74, 6) is 0.0425. The third-order valence-corrected chi connectivity index (χ3v) is 2.94. The van der Waals surface area contributed by atoms with Gasteiger partial charge in [0.2, 0.25) is 5.27 Å². The Morgan fingerprint density at radius 1 is 1.44 bits per heavy atom. The molecule has 5 nitrogen and oxygen atoms in total. The SMILES string of the molecule is C/C([O-])=N/c1c[n+](C2CCCCCC2)no1. The van der Waals surface area contributed by atoms with Gasteiger partial charge in [-0.15, -0.1) is 0 Å². The smallest absolute Gasteiger partial charge is 0.320 e. The monoisotopic (exact) mass is 223 g/mol. The second-order valence-electron chi connectivity index (χ2n) is 4.30. The van der Waals surface area contributed by atoms with E-state index >= 15 is 0 Å². The van der Waals surface area contributed by atoms with Gasteiger partial charge in [0.25, 0.3) is 6.20 Å². The highest BCUT2D eigenvalue weighted by atomic mass is 16.5. The summed E-state index contributed by atoms with van der Waals surface area (Å²) in [5, 5.41) is 14.7. The molecule has 0 aromatic carbocycles. The van der Waals surface area contributed by atoms with Crippen LogP contribution in [0.3, 0.4) is 0 Å². The van der Waals surface area contributed by atoms with Crippen LogP contribution in [-0.4, -0.2) is 11.2 Å². The van der Waals surface area contributed by atoms with Crippen molar-refractivity contribution in [2.75, 3.05) is 0 Å². The van der Waals surface area contributed by atoms with Gasteiger partial charge in [0, 0.05) is 12.8 Å². The molecule has 0 N–H and O–H groups in total. The van der Waals surface area contributed by atoms with Crippen molar-refractivity contribution in [3.63, 3.8) is 0 Å². The van der Waals surface area contributed by atoms with Gasteiger partial charge in [0.1, 0.15) is 0 Å². The van der Waals surface area contributed by atoms with E-state index < -0.39 is 0 Å². The van der Waals surface area contributed by atoms with Crippen LogP contribution < -0.4 is 9.79 Å². The minimum absolute atomic E-state index is 0.260. The van der Waals surface area contributed by atoms with E-state index in [2.05, 4.69) is 10.3 Å². The molecule has 1 aromatic rings. The van der Waals surface area contributed by atoms with Gasteiger partial charge < -0.3 is 5.11 Å². The quantitative estimate of drug-likeness (QED) is 0.328. The van der Waals surface area contributed by atoms with Gasteiger partial charge in [0.15, 0.2) is 6.04 Å². The van der Waals surface area contributed by atoms with Gasteiger partial charge in [-0.05, 0) is 30.3 Å². The highest BCUT2D eigenvalue weighted by molar-refractivity contribution is 5.70. The van der Waals surface area contributed by atoms with Crippen LogP contribution in [0.2, 0.25) is 0 Å². The lowest BCUT2D eigenvalue weighted by molar-refractivity contribution is -0.786. The second-order valence-corrected chi connectivity index (χ2v) is 4.30. The third kappa shape index (κ3) is 2.81. The van der Waals surface area contributed by atoms with Crippen LogP contribution in [-0.2, 0) is 0 Å². The van der Waals surface area contributed by atoms with Gasteiger partial charge in [-0.2, -0.15) is 0 Å². The van der Waals surface area contributed by atoms with Crippen LogP contribution in [0.15, 0.2) is 15.7 Å². The Hall–Kier alpha value is -1.39. The van der Waals surface area contributed by atoms with Crippen molar-refractivity contribution in [3.8, 4) is 0 Å². The summed E-state index contributed by atoms with van der Waals surface area (Å²) in [4.78, 5) is 3.71. The lowest BCUT2D eigenvalue weighted by Gasteiger charge is -2.01. The molecule has 0 radical (unpaired) electrons. The molecule has 1 heterocycles. The Bertz CT molecular complexity index is 361. The van der Waals surface area contributed by atoms with Gasteiger partial charge in [0.05, 0.1) is 0 Å². The fraction of sp³-hybridized carbons (Fsp3) is 0.727. The topological polar surface area (TPSA) is 65.3 Å². The van der Waals surface area contributed by atoms with Crippen LogP contribution in [0.5, 0.6) is 0 Å². The maximum Gasteiger partial charge on any atom is 0.320 e. The Balaban J connectivity index is 2.08. The maximum atomic E-state index is 10.8. The number of rotatable bonds is 2. The van der Waals surface area contributed by atoms with E-state index in [1.54, 1.807) is 6.20 Å². The number of aliphatic imine (C=N–C) groups is 1. The summed E-state index contributed by atoms with van der Waals surface area (Å²) in [5.41, 5.74) is 0. The minimum Gasteiger partial charge on any atom is -0.862 e. The van der Waals surface area contributed by atoms with Crippen molar-refractivity contribution in [3.05, 3.63) is 6.20 Å². The number of aromatic nitrogens is 2. The van der Waals surface area contributed by atoms with Gasteiger partial charge in [-0.1, -0.05) is 12.8 Å². The summed E-state index contributed by atoms with van der Waals surface area (Å²) in [7, 11) is 0. The molecule has 1 aliphatic rings. The van der Waals surface area contributed by atoms with Gasteiger partial charge >= 0.3 is 5.88 Å². The molecule has 0 atom stereocenters. The van der Waals surface area contributed by atoms with E-state index in [0.717, 1.165) is 12.8 Å². The van der Waals surface area contributed by atoms with E-state index in [1.807, 2.05) is 4.68 Å². The normalized spacial score (nSPS) is 19.7. The first-order chi connectivity index (χ1) is 7.75. The Labute approximate surface area is 94.8 Å². The summed E-state index contributed by atoms with van der Waals surface area (Å²) < 4.78 is 6.81. The largest absolute Gasteiger partial charge is 0.862 e. The predicted molar refractivity (Wildman–Crippen MR) is 56.2 cm³/mol. The Morgan fingerprint density at radius 2 is 2.12 bits per heavy atom. The van der Waals surface area contributed by atoms with Crippen molar-refractivity contribution in [1.29, 1.82) is 0 Å². The van der Waals surface area contributed by atoms with Crippen molar-refractivity contribution >= 4 is 11.8 Å². The molecule has 5 heteroatoms. The molecule has 2 rings (SSSR count). The predicted octanol–water partition coefficient (Wildman–Crippen LogP) is 1.27. The van der Waals surface area contributed by atoms with Gasteiger partial charge in [-0.25, -0.2) is 4.99 Å². The van der Waals surface area contributed by atoms with E-state index in [1.165, 1.54) is 32.6 Å². The lowest BCUT2D eigenvalue weighted by Crippen LogP contribution is -2.40. The lowest BCUT2D eigenvalue weighted by atomic mass is 10.1. The molecule has 1 fully saturated rings. The van der Waals surface area contributed by atoms with Gasteiger partial charge in [-0.3, -0.25) is 4.52 Å². The first-order valence-corrected chi connectivity index (χ1v) is 5.86. The standard InChI is InChI=1S/C11H17N3O2/c1-9(15)12-11-8-14(13-16-11)10-6-4-2-3-5-7-10/h8,10H,2-7H2,1H3. The van der Waals surface area contributed by atoms with Crippen LogP contribution in [0.4, 0.5) is 5.88 Å². The zero-order valence-electron chi connectivity index (χ0n) is 9.56. The fourth-order valence-electron chi connectivity index (χ4n) is 2.15. The molecule has 1 aliphatic carbocycles. The van der Waals surface area contributed by atoms with Crippen molar-refractivity contribution < 1.29 is 14.3 Å². The molecule has 1 saturated carbocycles. The number of hydrogen-bond donors (Lipinski definition) is 0. The van der Waals surface area contributed by atoms with Crippen molar-refractivity contribution in [2.45, 2.75) is 51.5 Å². The Morgan fingerprint density at radius 3 is 2.75 bits per heavy atom. The first-order valence-electron chi connectivity index (χ1n) is 5.86. The van der Waals surface area contributed by atoms with E-state index in [9.17, 15) is 5.11 Å². The van der Waals surface area contributed by atoms with Crippen LogP contribution >= 0.6 is 0 Å². The third-order valence-electron chi connectivity index (χ3n) is 2.94. The molecule has 1 aromatic heterocycles. The molecule has 0 unspecified atom stereocenters. The number of hydrogen-bond acceptors (Lipinski definition) is 4. The summed E-state index contributed by atoms with van der Waals surface area (Å²) in [6.07, 6.45) is 9.08. The minimum atomic E-state index is -0.260. The molecule has 0 saturated heterocycles. The zero-order chi connectivity index (χ0) is 11.4.